The Labute approximate surface area is 127 Å². The van der Waals surface area contributed by atoms with Crippen LogP contribution >= 0.6 is 34.8 Å². The summed E-state index contributed by atoms with van der Waals surface area (Å²) in [5.74, 6) is 0.751. The summed E-state index contributed by atoms with van der Waals surface area (Å²) in [5.41, 5.74) is 1.83. The second kappa shape index (κ2) is 6.38. The van der Waals surface area contributed by atoms with Crippen molar-refractivity contribution in [1.29, 1.82) is 0 Å². The number of rotatable bonds is 4. The van der Waals surface area contributed by atoms with Gasteiger partial charge >= 0.3 is 0 Å². The Hall–Kier alpha value is -1.09. The third-order valence-electron chi connectivity index (χ3n) is 2.64. The van der Waals surface area contributed by atoms with E-state index in [1.54, 1.807) is 19.2 Å². The lowest BCUT2D eigenvalue weighted by atomic mass is 10.2. The molecule has 0 aliphatic carbocycles. The number of anilines is 1. The molecule has 0 aliphatic rings. The van der Waals surface area contributed by atoms with Crippen molar-refractivity contribution in [3.8, 4) is 5.75 Å². The fraction of sp³-hybridized carbons (Fsp3) is 0.143. The molecule has 5 heteroatoms. The Bertz CT molecular complexity index is 587. The maximum Gasteiger partial charge on any atom is 0.121 e. The minimum Gasteiger partial charge on any atom is -0.497 e. The second-order valence-electron chi connectivity index (χ2n) is 3.95. The predicted octanol–water partition coefficient (Wildman–Crippen LogP) is 5.27. The molecule has 0 atom stereocenters. The molecular weight excluding hydrogens is 305 g/mol. The number of hydrogen-bond acceptors (Lipinski definition) is 2. The third-order valence-corrected chi connectivity index (χ3v) is 3.71. The zero-order valence-electron chi connectivity index (χ0n) is 10.2. The number of ether oxygens (including phenoxy) is 1. The van der Waals surface area contributed by atoms with Crippen LogP contribution in [0.25, 0.3) is 0 Å². The van der Waals surface area contributed by atoms with E-state index in [9.17, 15) is 0 Å². The van der Waals surface area contributed by atoms with Gasteiger partial charge in [-0.1, -0.05) is 40.9 Å². The maximum atomic E-state index is 6.11. The van der Waals surface area contributed by atoms with E-state index in [4.69, 9.17) is 39.5 Å². The molecule has 0 aromatic heterocycles. The van der Waals surface area contributed by atoms with E-state index in [-0.39, 0.29) is 0 Å². The highest BCUT2D eigenvalue weighted by atomic mass is 35.5. The van der Waals surface area contributed by atoms with Crippen LogP contribution in [0.5, 0.6) is 5.75 Å². The van der Waals surface area contributed by atoms with Gasteiger partial charge in [-0.15, -0.1) is 0 Å². The van der Waals surface area contributed by atoms with Crippen molar-refractivity contribution in [2.24, 2.45) is 0 Å². The van der Waals surface area contributed by atoms with Crippen LogP contribution in [0, 0.1) is 0 Å². The largest absolute Gasteiger partial charge is 0.497 e. The lowest BCUT2D eigenvalue weighted by Crippen LogP contribution is -2.00. The van der Waals surface area contributed by atoms with Crippen LogP contribution in [0.3, 0.4) is 0 Å². The first-order valence-corrected chi connectivity index (χ1v) is 6.75. The van der Waals surface area contributed by atoms with Crippen molar-refractivity contribution in [2.45, 2.75) is 6.54 Å². The average Bonchev–Trinajstić information content (AvgIpc) is 2.41. The zero-order chi connectivity index (χ0) is 13.8. The highest BCUT2D eigenvalue weighted by Crippen LogP contribution is 2.28. The Kier molecular flexibility index (Phi) is 4.81. The normalized spacial score (nSPS) is 10.3. The molecule has 0 spiro atoms. The number of methoxy groups -OCH3 is 1. The Morgan fingerprint density at radius 1 is 0.947 bits per heavy atom. The van der Waals surface area contributed by atoms with Crippen LogP contribution in [0.15, 0.2) is 36.4 Å². The minimum absolute atomic E-state index is 0.540. The molecule has 0 heterocycles. The molecule has 0 fully saturated rings. The monoisotopic (exact) mass is 315 g/mol. The van der Waals surface area contributed by atoms with E-state index in [1.165, 1.54) is 0 Å². The molecule has 0 aliphatic heterocycles. The van der Waals surface area contributed by atoms with Gasteiger partial charge in [-0.2, -0.15) is 0 Å². The Morgan fingerprint density at radius 3 is 2.37 bits per heavy atom. The molecule has 0 saturated carbocycles. The van der Waals surface area contributed by atoms with Crippen LogP contribution in [-0.4, -0.2) is 7.11 Å². The van der Waals surface area contributed by atoms with Gasteiger partial charge in [0.15, 0.2) is 0 Å². The van der Waals surface area contributed by atoms with Gasteiger partial charge in [0.1, 0.15) is 5.75 Å². The molecule has 100 valence electrons. The summed E-state index contributed by atoms with van der Waals surface area (Å²) in [6, 6.07) is 11.0. The van der Waals surface area contributed by atoms with Gasteiger partial charge in [-0.05, 0) is 29.8 Å². The number of hydrogen-bond donors (Lipinski definition) is 1. The van der Waals surface area contributed by atoms with E-state index < -0.39 is 0 Å². The second-order valence-corrected chi connectivity index (χ2v) is 5.17. The summed E-state index contributed by atoms with van der Waals surface area (Å²) in [4.78, 5) is 0. The number of halogens is 3. The highest BCUT2D eigenvalue weighted by Gasteiger charge is 2.04. The van der Waals surface area contributed by atoms with Crippen molar-refractivity contribution in [1.82, 2.24) is 0 Å². The van der Waals surface area contributed by atoms with E-state index in [0.29, 0.717) is 21.6 Å². The van der Waals surface area contributed by atoms with E-state index >= 15 is 0 Å². The van der Waals surface area contributed by atoms with Crippen molar-refractivity contribution < 1.29 is 4.74 Å². The number of nitrogens with one attached hydrogen (secondary N) is 1. The first kappa shape index (κ1) is 14.3. The summed E-state index contributed by atoms with van der Waals surface area (Å²) >= 11 is 18.0. The van der Waals surface area contributed by atoms with Crippen molar-refractivity contribution in [3.63, 3.8) is 0 Å². The lowest BCUT2D eigenvalue weighted by Gasteiger charge is -2.10. The Balaban J connectivity index is 2.11. The van der Waals surface area contributed by atoms with E-state index in [0.717, 1.165) is 17.0 Å². The molecule has 0 amide bonds. The van der Waals surface area contributed by atoms with Crippen LogP contribution in [-0.2, 0) is 6.54 Å². The highest BCUT2D eigenvalue weighted by molar-refractivity contribution is 6.42. The topological polar surface area (TPSA) is 21.3 Å². The van der Waals surface area contributed by atoms with E-state index in [1.807, 2.05) is 24.3 Å². The molecule has 0 bridgehead atoms. The van der Waals surface area contributed by atoms with E-state index in [2.05, 4.69) is 5.32 Å². The summed E-state index contributed by atoms with van der Waals surface area (Å²) < 4.78 is 5.16. The smallest absolute Gasteiger partial charge is 0.121 e. The standard InChI is InChI=1S/C14H12Cl3NO/c1-19-10-3-5-12(16)14(7-10)18-8-9-2-4-11(15)13(17)6-9/h2-7,18H,8H2,1H3. The molecule has 19 heavy (non-hydrogen) atoms. The Morgan fingerprint density at radius 2 is 1.68 bits per heavy atom. The van der Waals surface area contributed by atoms with Crippen LogP contribution in [0.1, 0.15) is 5.56 Å². The van der Waals surface area contributed by atoms with Crippen molar-refractivity contribution >= 4 is 40.5 Å². The van der Waals surface area contributed by atoms with Crippen molar-refractivity contribution in [2.75, 3.05) is 12.4 Å². The minimum atomic E-state index is 0.540. The average molecular weight is 317 g/mol. The fourth-order valence-corrected chi connectivity index (χ4v) is 2.12. The van der Waals surface area contributed by atoms with Crippen LogP contribution < -0.4 is 10.1 Å². The van der Waals surface area contributed by atoms with Gasteiger partial charge in [0, 0.05) is 12.6 Å². The third kappa shape index (κ3) is 3.69. The van der Waals surface area contributed by atoms with Gasteiger partial charge < -0.3 is 10.1 Å². The quantitative estimate of drug-likeness (QED) is 0.830. The number of benzene rings is 2. The van der Waals surface area contributed by atoms with Gasteiger partial charge in [0.2, 0.25) is 0 Å². The molecule has 2 nitrogen and oxygen atoms in total. The van der Waals surface area contributed by atoms with Gasteiger partial charge in [-0.25, -0.2) is 0 Å². The van der Waals surface area contributed by atoms with Gasteiger partial charge in [0.25, 0.3) is 0 Å². The fourth-order valence-electron chi connectivity index (χ4n) is 1.61. The summed E-state index contributed by atoms with van der Waals surface area (Å²) in [6.07, 6.45) is 0. The summed E-state index contributed by atoms with van der Waals surface area (Å²) in [6.45, 7) is 0.601. The molecule has 2 aromatic carbocycles. The molecular formula is C14H12Cl3NO. The molecule has 0 saturated heterocycles. The zero-order valence-corrected chi connectivity index (χ0v) is 12.5. The van der Waals surface area contributed by atoms with Crippen LogP contribution in [0.4, 0.5) is 5.69 Å². The summed E-state index contributed by atoms with van der Waals surface area (Å²) in [7, 11) is 1.62. The molecule has 1 N–H and O–H groups in total. The van der Waals surface area contributed by atoms with Gasteiger partial charge in [0.05, 0.1) is 27.9 Å². The van der Waals surface area contributed by atoms with Crippen LogP contribution in [0.2, 0.25) is 15.1 Å². The summed E-state index contributed by atoms with van der Waals surface area (Å²) in [5, 5.41) is 4.96. The SMILES string of the molecule is COc1ccc(Cl)c(NCc2ccc(Cl)c(Cl)c2)c1. The molecule has 0 unspecified atom stereocenters. The maximum absolute atomic E-state index is 6.11. The molecule has 2 aromatic rings. The first-order valence-electron chi connectivity index (χ1n) is 5.61. The first-order chi connectivity index (χ1) is 9.10. The molecule has 2 rings (SSSR count). The van der Waals surface area contributed by atoms with Gasteiger partial charge in [-0.3, -0.25) is 0 Å². The lowest BCUT2D eigenvalue weighted by molar-refractivity contribution is 0.415. The van der Waals surface area contributed by atoms with Crippen molar-refractivity contribution in [3.05, 3.63) is 57.0 Å². The molecule has 0 radical (unpaired) electrons. The predicted molar refractivity (Wildman–Crippen MR) is 81.8 cm³/mol.